The number of nitrogens with one attached hydrogen (secondary N) is 1. The summed E-state index contributed by atoms with van der Waals surface area (Å²) in [6, 6.07) is 0.0897. The number of nitrogens with zero attached hydrogens (tertiary/aromatic N) is 1. The van der Waals surface area contributed by atoms with Crippen molar-refractivity contribution in [1.82, 2.24) is 10.2 Å². The van der Waals surface area contributed by atoms with Gasteiger partial charge in [-0.25, -0.2) is 0 Å². The predicted molar refractivity (Wildman–Crippen MR) is 87.4 cm³/mol. The van der Waals surface area contributed by atoms with E-state index in [9.17, 15) is 4.79 Å². The molecule has 0 spiro atoms. The number of hydrogen-bond acceptors (Lipinski definition) is 4. The first kappa shape index (κ1) is 18.4. The van der Waals surface area contributed by atoms with E-state index in [0.29, 0.717) is 12.6 Å². The number of hydrogen-bond donors (Lipinski definition) is 1. The largest absolute Gasteiger partial charge is 0.465 e. The van der Waals surface area contributed by atoms with E-state index in [-0.39, 0.29) is 12.0 Å². The lowest BCUT2D eigenvalue weighted by Gasteiger charge is -2.27. The maximum atomic E-state index is 12.1. The molecule has 4 heteroatoms. The molecule has 2 unspecified atom stereocenters. The average Bonchev–Trinajstić information content (AvgIpc) is 2.64. The van der Waals surface area contributed by atoms with Gasteiger partial charge in [-0.3, -0.25) is 4.79 Å². The molecule has 0 aliphatic carbocycles. The summed E-state index contributed by atoms with van der Waals surface area (Å²) in [5, 5.41) is 3.35. The molecule has 1 fully saturated rings. The highest BCUT2D eigenvalue weighted by Gasteiger charge is 2.25. The number of ether oxygens (including phenoxy) is 1. The first-order valence-electron chi connectivity index (χ1n) is 8.71. The highest BCUT2D eigenvalue weighted by atomic mass is 16.5. The Kier molecular flexibility index (Phi) is 8.93. The van der Waals surface area contributed by atoms with Crippen molar-refractivity contribution in [1.29, 1.82) is 0 Å². The van der Waals surface area contributed by atoms with Gasteiger partial charge in [-0.2, -0.15) is 0 Å². The van der Waals surface area contributed by atoms with Crippen LogP contribution >= 0.6 is 0 Å². The Morgan fingerprint density at radius 3 is 2.67 bits per heavy atom. The van der Waals surface area contributed by atoms with Crippen LogP contribution in [0.1, 0.15) is 59.8 Å². The Morgan fingerprint density at radius 1 is 1.29 bits per heavy atom. The molecular weight excluding hydrogens is 264 g/mol. The number of esters is 1. The summed E-state index contributed by atoms with van der Waals surface area (Å²) >= 11 is 0. The van der Waals surface area contributed by atoms with E-state index >= 15 is 0 Å². The van der Waals surface area contributed by atoms with Gasteiger partial charge in [-0.15, -0.1) is 0 Å². The summed E-state index contributed by atoms with van der Waals surface area (Å²) in [6.45, 7) is 11.7. The van der Waals surface area contributed by atoms with Crippen molar-refractivity contribution in [2.24, 2.45) is 5.92 Å². The van der Waals surface area contributed by atoms with Crippen LogP contribution in [0.25, 0.3) is 0 Å². The topological polar surface area (TPSA) is 41.6 Å². The Balaban J connectivity index is 2.51. The molecule has 0 saturated carbocycles. The summed E-state index contributed by atoms with van der Waals surface area (Å²) < 4.78 is 5.21. The molecule has 1 saturated heterocycles. The van der Waals surface area contributed by atoms with Crippen LogP contribution in [0.15, 0.2) is 0 Å². The van der Waals surface area contributed by atoms with Crippen molar-refractivity contribution in [2.75, 3.05) is 26.2 Å². The van der Waals surface area contributed by atoms with E-state index < -0.39 is 0 Å². The zero-order chi connectivity index (χ0) is 15.7. The lowest BCUT2D eigenvalue weighted by Crippen LogP contribution is -2.49. The van der Waals surface area contributed by atoms with Gasteiger partial charge in [0.1, 0.15) is 6.04 Å². The fourth-order valence-corrected chi connectivity index (χ4v) is 3.20. The minimum atomic E-state index is -0.201. The highest BCUT2D eigenvalue weighted by Crippen LogP contribution is 2.22. The van der Waals surface area contributed by atoms with Crippen LogP contribution in [-0.4, -0.2) is 49.2 Å². The number of rotatable bonds is 8. The summed E-state index contributed by atoms with van der Waals surface area (Å²) in [7, 11) is 0. The van der Waals surface area contributed by atoms with Crippen molar-refractivity contribution in [3.05, 3.63) is 0 Å². The van der Waals surface area contributed by atoms with E-state index in [0.717, 1.165) is 25.6 Å². The fourth-order valence-electron chi connectivity index (χ4n) is 3.20. The standard InChI is InChI=1S/C17H34N2O2/c1-5-8-15-9-7-11-19(12-10-15)13-16(18-14(3)4)17(20)21-6-2/h14-16,18H,5-13H2,1-4H3. The summed E-state index contributed by atoms with van der Waals surface area (Å²) in [5.41, 5.74) is 0. The quantitative estimate of drug-likeness (QED) is 0.700. The summed E-state index contributed by atoms with van der Waals surface area (Å²) in [4.78, 5) is 14.5. The molecule has 4 nitrogen and oxygen atoms in total. The Morgan fingerprint density at radius 2 is 2.05 bits per heavy atom. The molecule has 0 radical (unpaired) electrons. The van der Waals surface area contributed by atoms with Gasteiger partial charge < -0.3 is 15.0 Å². The van der Waals surface area contributed by atoms with Crippen molar-refractivity contribution < 1.29 is 9.53 Å². The third-order valence-corrected chi connectivity index (χ3v) is 4.18. The van der Waals surface area contributed by atoms with Crippen molar-refractivity contribution in [2.45, 2.75) is 71.9 Å². The Hall–Kier alpha value is -0.610. The van der Waals surface area contributed by atoms with Crippen LogP contribution in [0.2, 0.25) is 0 Å². The third-order valence-electron chi connectivity index (χ3n) is 4.18. The van der Waals surface area contributed by atoms with Gasteiger partial charge >= 0.3 is 5.97 Å². The van der Waals surface area contributed by atoms with E-state index in [4.69, 9.17) is 4.74 Å². The highest BCUT2D eigenvalue weighted by molar-refractivity contribution is 5.76. The zero-order valence-corrected chi connectivity index (χ0v) is 14.4. The summed E-state index contributed by atoms with van der Waals surface area (Å²) in [6.07, 6.45) is 6.49. The maximum absolute atomic E-state index is 12.1. The number of carbonyl (C=O) groups excluding carboxylic acids is 1. The lowest BCUT2D eigenvalue weighted by molar-refractivity contribution is -0.146. The average molecular weight is 298 g/mol. The smallest absolute Gasteiger partial charge is 0.324 e. The number of carbonyl (C=O) groups is 1. The van der Waals surface area contributed by atoms with Crippen LogP contribution in [0.4, 0.5) is 0 Å². The van der Waals surface area contributed by atoms with Crippen LogP contribution in [0.5, 0.6) is 0 Å². The molecule has 21 heavy (non-hydrogen) atoms. The van der Waals surface area contributed by atoms with Gasteiger partial charge in [0, 0.05) is 12.6 Å². The Bertz CT molecular complexity index is 295. The SMILES string of the molecule is CCCC1CCCN(CC(NC(C)C)C(=O)OCC)CC1. The summed E-state index contributed by atoms with van der Waals surface area (Å²) in [5.74, 6) is 0.764. The van der Waals surface area contributed by atoms with Gasteiger partial charge in [0.05, 0.1) is 6.61 Å². The molecule has 0 amide bonds. The van der Waals surface area contributed by atoms with Crippen molar-refractivity contribution in [3.63, 3.8) is 0 Å². The van der Waals surface area contributed by atoms with Crippen LogP contribution in [-0.2, 0) is 9.53 Å². The molecule has 1 aliphatic heterocycles. The van der Waals surface area contributed by atoms with Crippen molar-refractivity contribution >= 4 is 5.97 Å². The second-order valence-corrected chi connectivity index (χ2v) is 6.51. The molecule has 1 heterocycles. The first-order valence-corrected chi connectivity index (χ1v) is 8.71. The molecule has 1 aliphatic rings. The molecule has 0 aromatic heterocycles. The maximum Gasteiger partial charge on any atom is 0.324 e. The van der Waals surface area contributed by atoms with Crippen LogP contribution in [0, 0.1) is 5.92 Å². The van der Waals surface area contributed by atoms with E-state index in [2.05, 4.69) is 31.0 Å². The third kappa shape index (κ3) is 7.28. The minimum absolute atomic E-state index is 0.111. The van der Waals surface area contributed by atoms with Crippen LogP contribution in [0.3, 0.4) is 0 Å². The van der Waals surface area contributed by atoms with Crippen molar-refractivity contribution in [3.8, 4) is 0 Å². The molecule has 124 valence electrons. The van der Waals surface area contributed by atoms with E-state index in [1.807, 2.05) is 6.92 Å². The molecular formula is C17H34N2O2. The molecule has 1 rings (SSSR count). The van der Waals surface area contributed by atoms with Crippen LogP contribution < -0.4 is 5.32 Å². The van der Waals surface area contributed by atoms with Gasteiger partial charge in [-0.05, 0) is 45.2 Å². The second-order valence-electron chi connectivity index (χ2n) is 6.51. The van der Waals surface area contributed by atoms with E-state index in [1.54, 1.807) is 0 Å². The monoisotopic (exact) mass is 298 g/mol. The molecule has 0 bridgehead atoms. The van der Waals surface area contributed by atoms with Gasteiger partial charge in [0.2, 0.25) is 0 Å². The first-order chi connectivity index (χ1) is 10.1. The normalized spacial score (nSPS) is 22.0. The number of likely N-dealkylation sites (tertiary alicyclic amines) is 1. The van der Waals surface area contributed by atoms with E-state index in [1.165, 1.54) is 32.1 Å². The lowest BCUT2D eigenvalue weighted by atomic mass is 9.96. The second kappa shape index (κ2) is 10.2. The predicted octanol–water partition coefficient (Wildman–Crippen LogP) is 2.82. The minimum Gasteiger partial charge on any atom is -0.465 e. The van der Waals surface area contributed by atoms with Gasteiger partial charge in [0.25, 0.3) is 0 Å². The zero-order valence-electron chi connectivity index (χ0n) is 14.4. The fraction of sp³-hybridized carbons (Fsp3) is 0.941. The molecule has 0 aromatic rings. The molecule has 1 N–H and O–H groups in total. The molecule has 0 aromatic carbocycles. The van der Waals surface area contributed by atoms with Gasteiger partial charge in [0.15, 0.2) is 0 Å². The van der Waals surface area contributed by atoms with Gasteiger partial charge in [-0.1, -0.05) is 33.6 Å². The molecule has 2 atom stereocenters. The Labute approximate surface area is 130 Å².